The van der Waals surface area contributed by atoms with Gasteiger partial charge in [0.2, 0.25) is 5.91 Å². The van der Waals surface area contributed by atoms with Crippen LogP contribution in [-0.4, -0.2) is 79.2 Å². The lowest BCUT2D eigenvalue weighted by Crippen LogP contribution is -2.51. The second-order valence-corrected chi connectivity index (χ2v) is 19.2. The van der Waals surface area contributed by atoms with Crippen molar-refractivity contribution < 1.29 is 32.6 Å². The van der Waals surface area contributed by atoms with Crippen LogP contribution in [-0.2, 0) is 20.2 Å². The number of benzene rings is 3. The largest absolute Gasteiger partial charge is 0.453 e. The molecule has 3 aliphatic carbocycles. The number of carbonyl (C=O) groups is 3. The highest BCUT2D eigenvalue weighted by Gasteiger charge is 2.55. The molecule has 4 fully saturated rings. The van der Waals surface area contributed by atoms with Crippen LogP contribution in [0.5, 0.6) is 0 Å². The number of alkyl halides is 2. The Hall–Kier alpha value is -5.79. The van der Waals surface area contributed by atoms with Gasteiger partial charge in [-0.15, -0.1) is 0 Å². The van der Waals surface area contributed by atoms with Gasteiger partial charge in [-0.05, 0) is 123 Å². The lowest BCUT2D eigenvalue weighted by molar-refractivity contribution is -0.135. The maximum atomic E-state index is 16.6. The van der Waals surface area contributed by atoms with Gasteiger partial charge in [0.05, 0.1) is 42.1 Å². The van der Waals surface area contributed by atoms with Crippen molar-refractivity contribution in [3.8, 4) is 33.5 Å². The molecule has 3 aromatic carbocycles. The molecular formula is C47H51F2N7O5. The number of amides is 3. The van der Waals surface area contributed by atoms with Gasteiger partial charge in [0, 0.05) is 29.3 Å². The summed E-state index contributed by atoms with van der Waals surface area (Å²) in [7, 11) is 1.27. The molecule has 10 rings (SSSR count). The van der Waals surface area contributed by atoms with Crippen molar-refractivity contribution in [3.05, 3.63) is 83.6 Å². The van der Waals surface area contributed by atoms with Crippen LogP contribution in [0.4, 0.5) is 18.4 Å². The number of imidazole rings is 2. The molecule has 1 spiro atoms. The van der Waals surface area contributed by atoms with Crippen LogP contribution in [0.3, 0.4) is 0 Å². The SMILES string of the molecule is COC(=O)NC(C(=O)N1CC2(CC2)C[C@H]1c1ncc(-c2ccc3c(c2)C(F)(F)c2cc(-c4ccc5nc(C6[C@H]7CCC(C7)N6C(=O)OC(C)(C)C)[nH]c5c4)ccc2-3)[nH]1)C(C)C. The molecule has 2 bridgehead atoms. The zero-order valence-corrected chi connectivity index (χ0v) is 35.3. The topological polar surface area (TPSA) is 146 Å². The molecule has 12 nitrogen and oxygen atoms in total. The molecule has 2 aromatic heterocycles. The Morgan fingerprint density at radius 2 is 1.61 bits per heavy atom. The van der Waals surface area contributed by atoms with Gasteiger partial charge in [0.15, 0.2) is 0 Å². The number of aromatic nitrogens is 4. The lowest BCUT2D eigenvalue weighted by atomic mass is 9.98. The Bertz CT molecular complexity index is 2610. The Kier molecular flexibility index (Phi) is 8.95. The molecular weight excluding hydrogens is 781 g/mol. The highest BCUT2D eigenvalue weighted by atomic mass is 19.3. The minimum atomic E-state index is -3.26. The maximum absolute atomic E-state index is 16.6. The van der Waals surface area contributed by atoms with Gasteiger partial charge in [0.1, 0.15) is 23.3 Å². The molecule has 5 atom stereocenters. The predicted octanol–water partition coefficient (Wildman–Crippen LogP) is 9.64. The molecule has 0 radical (unpaired) electrons. The van der Waals surface area contributed by atoms with E-state index in [0.29, 0.717) is 40.3 Å². The molecule has 5 aliphatic rings. The van der Waals surface area contributed by atoms with Gasteiger partial charge in [-0.1, -0.05) is 44.2 Å². The Morgan fingerprint density at radius 3 is 2.30 bits per heavy atom. The van der Waals surface area contributed by atoms with Crippen LogP contribution >= 0.6 is 0 Å². The van der Waals surface area contributed by atoms with Crippen molar-refractivity contribution in [2.24, 2.45) is 17.3 Å². The third kappa shape index (κ3) is 6.64. The maximum Gasteiger partial charge on any atom is 0.411 e. The number of carbonyl (C=O) groups excluding carboxylic acids is 3. The molecule has 318 valence electrons. The summed E-state index contributed by atoms with van der Waals surface area (Å²) in [5.74, 6) is -2.03. The quantitative estimate of drug-likeness (QED) is 0.148. The van der Waals surface area contributed by atoms with Crippen molar-refractivity contribution in [2.45, 2.75) is 109 Å². The summed E-state index contributed by atoms with van der Waals surface area (Å²) in [5.41, 5.74) is 4.32. The third-order valence-corrected chi connectivity index (χ3v) is 13.7. The van der Waals surface area contributed by atoms with Crippen molar-refractivity contribution in [3.63, 3.8) is 0 Å². The smallest absolute Gasteiger partial charge is 0.411 e. The second-order valence-electron chi connectivity index (χ2n) is 19.2. The molecule has 61 heavy (non-hydrogen) atoms. The van der Waals surface area contributed by atoms with Crippen molar-refractivity contribution in [1.82, 2.24) is 35.1 Å². The Balaban J connectivity index is 0.901. The monoisotopic (exact) mass is 831 g/mol. The van der Waals surface area contributed by atoms with Gasteiger partial charge >= 0.3 is 12.2 Å². The summed E-state index contributed by atoms with van der Waals surface area (Å²) in [6.07, 6.45) is 6.30. The van der Waals surface area contributed by atoms with Crippen molar-refractivity contribution >= 4 is 29.1 Å². The molecule has 5 aromatic rings. The van der Waals surface area contributed by atoms with E-state index in [0.717, 1.165) is 60.9 Å². The van der Waals surface area contributed by atoms with E-state index in [1.54, 1.807) is 24.4 Å². The van der Waals surface area contributed by atoms with Crippen LogP contribution < -0.4 is 5.32 Å². The summed E-state index contributed by atoms with van der Waals surface area (Å²) in [6, 6.07) is 14.9. The number of hydrogen-bond donors (Lipinski definition) is 3. The number of fused-ring (bicyclic) bond motifs is 6. The minimum Gasteiger partial charge on any atom is -0.453 e. The number of likely N-dealkylation sites (tertiary alicyclic amines) is 2. The van der Waals surface area contributed by atoms with E-state index < -0.39 is 23.7 Å². The Labute approximate surface area is 352 Å². The summed E-state index contributed by atoms with van der Waals surface area (Å²) in [6.45, 7) is 9.93. The minimum absolute atomic E-state index is 0.0215. The number of aromatic amines is 2. The molecule has 2 saturated heterocycles. The average molecular weight is 832 g/mol. The zero-order chi connectivity index (χ0) is 42.7. The first-order chi connectivity index (χ1) is 29.0. The fraction of sp³-hybridized carbons (Fsp3) is 0.468. The van der Waals surface area contributed by atoms with Crippen LogP contribution in [0, 0.1) is 17.3 Å². The van der Waals surface area contributed by atoms with Gasteiger partial charge in [-0.3, -0.25) is 9.69 Å². The molecule has 2 saturated carbocycles. The van der Waals surface area contributed by atoms with Gasteiger partial charge in [-0.2, -0.15) is 8.78 Å². The average Bonchev–Trinajstić information content (AvgIpc) is 3.87. The third-order valence-electron chi connectivity index (χ3n) is 13.7. The number of methoxy groups -OCH3 is 1. The van der Waals surface area contributed by atoms with E-state index in [9.17, 15) is 14.4 Å². The zero-order valence-electron chi connectivity index (χ0n) is 35.3. The highest BCUT2D eigenvalue weighted by molar-refractivity contribution is 5.88. The number of piperidine rings is 1. The van der Waals surface area contributed by atoms with Gasteiger partial charge in [0.25, 0.3) is 5.92 Å². The van der Waals surface area contributed by atoms with E-state index in [1.807, 2.05) is 74.8 Å². The van der Waals surface area contributed by atoms with Crippen molar-refractivity contribution in [1.29, 1.82) is 0 Å². The molecule has 3 amide bonds. The number of nitrogens with one attached hydrogen (secondary N) is 3. The van der Waals surface area contributed by atoms with Crippen molar-refractivity contribution in [2.75, 3.05) is 13.7 Å². The number of rotatable bonds is 7. The second kappa shape index (κ2) is 13.9. The van der Waals surface area contributed by atoms with E-state index in [2.05, 4.69) is 15.3 Å². The van der Waals surface area contributed by atoms with Crippen LogP contribution in [0.2, 0.25) is 0 Å². The fourth-order valence-electron chi connectivity index (χ4n) is 10.4. The van der Waals surface area contributed by atoms with Gasteiger partial charge < -0.3 is 29.7 Å². The summed E-state index contributed by atoms with van der Waals surface area (Å²) >= 11 is 0. The first kappa shape index (κ1) is 39.4. The predicted molar refractivity (Wildman–Crippen MR) is 224 cm³/mol. The number of alkyl carbamates (subject to hydrolysis) is 1. The first-order valence-corrected chi connectivity index (χ1v) is 21.4. The standard InChI is InChI=1S/C47H51F2N7O5/c1-24(2)38(54-43(58)60-6)42(57)55-23-46(15-16-46)21-37(55)40-50-22-36(53-40)27-9-13-31-30-12-8-25(18-32(30)47(48,49)33(31)19-27)26-10-14-34-35(20-26)52-41(51-34)39-28-7-11-29(17-28)56(39)44(59)61-45(3,4)5/h8-10,12-14,18-20,22,24,28-29,37-39H,7,11,15-17,21,23H2,1-6H3,(H,50,53)(H,51,52)(H,54,58)/t28-,29?,37-,38?,39?/m0/s1. The molecule has 4 heterocycles. The van der Waals surface area contributed by atoms with Gasteiger partial charge in [-0.25, -0.2) is 19.6 Å². The number of ether oxygens (including phenoxy) is 2. The van der Waals surface area contributed by atoms with Crippen LogP contribution in [0.1, 0.15) is 108 Å². The summed E-state index contributed by atoms with van der Waals surface area (Å²) < 4.78 is 43.8. The fourth-order valence-corrected chi connectivity index (χ4v) is 10.4. The highest BCUT2D eigenvalue weighted by Crippen LogP contribution is 2.59. The number of halogens is 2. The van der Waals surface area contributed by atoms with Crippen LogP contribution in [0.15, 0.2) is 60.8 Å². The molecule has 3 N–H and O–H groups in total. The van der Waals surface area contributed by atoms with Crippen LogP contribution in [0.25, 0.3) is 44.5 Å². The van der Waals surface area contributed by atoms with E-state index >= 15 is 8.78 Å². The normalized spacial score (nSPS) is 23.4. The molecule has 2 aliphatic heterocycles. The van der Waals surface area contributed by atoms with E-state index in [-0.39, 0.29) is 58.5 Å². The Morgan fingerprint density at radius 1 is 0.918 bits per heavy atom. The molecule has 14 heteroatoms. The molecule has 3 unspecified atom stereocenters. The first-order valence-electron chi connectivity index (χ1n) is 21.4. The number of H-pyrrole nitrogens is 2. The summed E-state index contributed by atoms with van der Waals surface area (Å²) in [4.78, 5) is 59.6. The summed E-state index contributed by atoms with van der Waals surface area (Å²) in [5, 5.41) is 2.70. The van der Waals surface area contributed by atoms with E-state index in [4.69, 9.17) is 19.4 Å². The lowest BCUT2D eigenvalue weighted by Gasteiger charge is -2.35. The number of hydrogen-bond acceptors (Lipinski definition) is 7. The van der Waals surface area contributed by atoms with E-state index in [1.165, 1.54) is 13.2 Å². The number of nitrogens with zero attached hydrogens (tertiary/aromatic N) is 4.